The number of hydrogen-bond acceptors (Lipinski definition) is 3. The van der Waals surface area contributed by atoms with Gasteiger partial charge in [0, 0.05) is 24.8 Å². The molecule has 4 nitrogen and oxygen atoms in total. The normalized spacial score (nSPS) is 19.8. The topological polar surface area (TPSA) is 43.8 Å². The van der Waals surface area contributed by atoms with Gasteiger partial charge >= 0.3 is 5.97 Å². The van der Waals surface area contributed by atoms with Gasteiger partial charge in [-0.2, -0.15) is 0 Å². The van der Waals surface area contributed by atoms with Crippen LogP contribution in [-0.2, 0) is 0 Å². The first-order chi connectivity index (χ1) is 8.99. The SMILES string of the molecule is Cc1cc(N2CCCC(N(C)C)C2)ccc1C(=O)O. The number of hydrogen-bond donors (Lipinski definition) is 1. The van der Waals surface area contributed by atoms with Crippen molar-refractivity contribution >= 4 is 11.7 Å². The molecular formula is C15H22N2O2. The molecule has 4 heteroatoms. The third-order valence-corrected chi connectivity index (χ3v) is 3.93. The Balaban J connectivity index is 2.18. The van der Waals surface area contributed by atoms with Crippen LogP contribution in [0.1, 0.15) is 28.8 Å². The van der Waals surface area contributed by atoms with Gasteiger partial charge in [0.25, 0.3) is 0 Å². The van der Waals surface area contributed by atoms with Gasteiger partial charge in [-0.25, -0.2) is 4.79 Å². The largest absolute Gasteiger partial charge is 0.478 e. The lowest BCUT2D eigenvalue weighted by Gasteiger charge is -2.37. The van der Waals surface area contributed by atoms with Crippen molar-refractivity contribution in [3.8, 4) is 0 Å². The molecule has 0 spiro atoms. The zero-order chi connectivity index (χ0) is 14.0. The average molecular weight is 262 g/mol. The molecule has 1 atom stereocenters. The van der Waals surface area contributed by atoms with E-state index in [1.165, 1.54) is 12.8 Å². The van der Waals surface area contributed by atoms with Gasteiger partial charge in [0.2, 0.25) is 0 Å². The molecule has 1 fully saturated rings. The van der Waals surface area contributed by atoms with Gasteiger partial charge in [0.15, 0.2) is 0 Å². The van der Waals surface area contributed by atoms with Crippen LogP contribution in [0.2, 0.25) is 0 Å². The number of nitrogens with zero attached hydrogens (tertiary/aromatic N) is 2. The van der Waals surface area contributed by atoms with E-state index in [9.17, 15) is 4.79 Å². The monoisotopic (exact) mass is 262 g/mol. The van der Waals surface area contributed by atoms with Gasteiger partial charge in [0.1, 0.15) is 0 Å². The van der Waals surface area contributed by atoms with E-state index in [0.717, 1.165) is 24.3 Å². The molecule has 0 amide bonds. The Hall–Kier alpha value is -1.55. The van der Waals surface area contributed by atoms with Crippen molar-refractivity contribution in [3.63, 3.8) is 0 Å². The van der Waals surface area contributed by atoms with Crippen molar-refractivity contribution in [3.05, 3.63) is 29.3 Å². The van der Waals surface area contributed by atoms with Gasteiger partial charge in [-0.3, -0.25) is 0 Å². The second-order valence-corrected chi connectivity index (χ2v) is 5.51. The summed E-state index contributed by atoms with van der Waals surface area (Å²) >= 11 is 0. The van der Waals surface area contributed by atoms with Crippen LogP contribution in [0, 0.1) is 6.92 Å². The van der Waals surface area contributed by atoms with E-state index in [1.807, 2.05) is 19.1 Å². The molecule has 1 unspecified atom stereocenters. The highest BCUT2D eigenvalue weighted by molar-refractivity contribution is 5.89. The number of aromatic carboxylic acids is 1. The predicted octanol–water partition coefficient (Wildman–Crippen LogP) is 2.22. The maximum Gasteiger partial charge on any atom is 0.335 e. The molecule has 1 aromatic carbocycles. The standard InChI is InChI=1S/C15H22N2O2/c1-11-9-12(6-7-14(11)15(18)19)17-8-4-5-13(10-17)16(2)3/h6-7,9,13H,4-5,8,10H2,1-3H3,(H,18,19). The summed E-state index contributed by atoms with van der Waals surface area (Å²) in [5.74, 6) is -0.853. The predicted molar refractivity (Wildman–Crippen MR) is 77.1 cm³/mol. The molecule has 1 heterocycles. The van der Waals surface area contributed by atoms with Crippen LogP contribution in [0.15, 0.2) is 18.2 Å². The summed E-state index contributed by atoms with van der Waals surface area (Å²) in [6, 6.07) is 6.20. The van der Waals surface area contributed by atoms with Crippen LogP contribution in [0.3, 0.4) is 0 Å². The number of carboxylic acids is 1. The Labute approximate surface area is 114 Å². The molecule has 0 aliphatic carbocycles. The molecule has 19 heavy (non-hydrogen) atoms. The fourth-order valence-electron chi connectivity index (χ4n) is 2.70. The molecule has 1 N–H and O–H groups in total. The van der Waals surface area contributed by atoms with Crippen molar-refractivity contribution in [2.45, 2.75) is 25.8 Å². The average Bonchev–Trinajstić information content (AvgIpc) is 2.38. The number of carboxylic acid groups (broad SMARTS) is 1. The van der Waals surface area contributed by atoms with Gasteiger partial charge in [-0.1, -0.05) is 0 Å². The van der Waals surface area contributed by atoms with E-state index in [1.54, 1.807) is 6.07 Å². The van der Waals surface area contributed by atoms with Gasteiger partial charge in [0.05, 0.1) is 5.56 Å². The van der Waals surface area contributed by atoms with E-state index >= 15 is 0 Å². The Morgan fingerprint density at radius 1 is 1.42 bits per heavy atom. The second kappa shape index (κ2) is 5.61. The minimum atomic E-state index is -0.853. The van der Waals surface area contributed by atoms with E-state index in [4.69, 9.17) is 5.11 Å². The summed E-state index contributed by atoms with van der Waals surface area (Å²) in [7, 11) is 4.24. The van der Waals surface area contributed by atoms with Crippen LogP contribution in [0.5, 0.6) is 0 Å². The molecule has 1 aliphatic rings. The Kier molecular flexibility index (Phi) is 4.10. The molecule has 1 saturated heterocycles. The van der Waals surface area contributed by atoms with Crippen LogP contribution in [-0.4, -0.2) is 49.2 Å². The molecule has 0 radical (unpaired) electrons. The van der Waals surface area contributed by atoms with Crippen molar-refractivity contribution in [1.82, 2.24) is 4.90 Å². The third kappa shape index (κ3) is 3.07. The third-order valence-electron chi connectivity index (χ3n) is 3.93. The van der Waals surface area contributed by atoms with Gasteiger partial charge in [-0.15, -0.1) is 0 Å². The molecule has 104 valence electrons. The van der Waals surface area contributed by atoms with Crippen LogP contribution in [0.4, 0.5) is 5.69 Å². The Morgan fingerprint density at radius 3 is 2.74 bits per heavy atom. The molecule has 2 rings (SSSR count). The van der Waals surface area contributed by atoms with E-state index in [-0.39, 0.29) is 0 Å². The molecule has 1 aromatic rings. The number of likely N-dealkylation sites (N-methyl/N-ethyl adjacent to an activating group) is 1. The summed E-state index contributed by atoms with van der Waals surface area (Å²) in [6.45, 7) is 3.93. The maximum absolute atomic E-state index is 11.0. The summed E-state index contributed by atoms with van der Waals surface area (Å²) < 4.78 is 0. The summed E-state index contributed by atoms with van der Waals surface area (Å²) in [6.07, 6.45) is 2.41. The molecular weight excluding hydrogens is 240 g/mol. The lowest BCUT2D eigenvalue weighted by molar-refractivity contribution is 0.0696. The number of piperidine rings is 1. The molecule has 0 bridgehead atoms. The fraction of sp³-hybridized carbons (Fsp3) is 0.533. The zero-order valence-electron chi connectivity index (χ0n) is 11.9. The highest BCUT2D eigenvalue weighted by atomic mass is 16.4. The summed E-state index contributed by atoms with van der Waals surface area (Å²) in [4.78, 5) is 15.7. The van der Waals surface area contributed by atoms with E-state index in [0.29, 0.717) is 11.6 Å². The molecule has 0 saturated carbocycles. The van der Waals surface area contributed by atoms with Crippen LogP contribution < -0.4 is 4.90 Å². The van der Waals surface area contributed by atoms with E-state index in [2.05, 4.69) is 23.9 Å². The van der Waals surface area contributed by atoms with Crippen molar-refractivity contribution in [2.75, 3.05) is 32.1 Å². The molecule has 0 aromatic heterocycles. The quantitative estimate of drug-likeness (QED) is 0.907. The lowest BCUT2D eigenvalue weighted by Crippen LogP contribution is -2.45. The maximum atomic E-state index is 11.0. The summed E-state index contributed by atoms with van der Waals surface area (Å²) in [5, 5.41) is 9.06. The number of benzene rings is 1. The smallest absolute Gasteiger partial charge is 0.335 e. The van der Waals surface area contributed by atoms with Gasteiger partial charge < -0.3 is 14.9 Å². The van der Waals surface area contributed by atoms with Crippen LogP contribution >= 0.6 is 0 Å². The Morgan fingerprint density at radius 2 is 2.16 bits per heavy atom. The van der Waals surface area contributed by atoms with Crippen molar-refractivity contribution in [2.24, 2.45) is 0 Å². The lowest BCUT2D eigenvalue weighted by atomic mass is 10.0. The van der Waals surface area contributed by atoms with Gasteiger partial charge in [-0.05, 0) is 57.6 Å². The first-order valence-corrected chi connectivity index (χ1v) is 6.74. The molecule has 1 aliphatic heterocycles. The number of carbonyl (C=O) groups is 1. The fourth-order valence-corrected chi connectivity index (χ4v) is 2.70. The number of rotatable bonds is 3. The highest BCUT2D eigenvalue weighted by Crippen LogP contribution is 2.24. The minimum Gasteiger partial charge on any atom is -0.478 e. The number of aryl methyl sites for hydroxylation is 1. The first kappa shape index (κ1) is 13.9. The van der Waals surface area contributed by atoms with Crippen molar-refractivity contribution in [1.29, 1.82) is 0 Å². The number of anilines is 1. The van der Waals surface area contributed by atoms with E-state index < -0.39 is 5.97 Å². The Bertz CT molecular complexity index is 471. The first-order valence-electron chi connectivity index (χ1n) is 6.74. The van der Waals surface area contributed by atoms with Crippen LogP contribution in [0.25, 0.3) is 0 Å². The highest BCUT2D eigenvalue weighted by Gasteiger charge is 2.22. The second-order valence-electron chi connectivity index (χ2n) is 5.51. The van der Waals surface area contributed by atoms with Crippen molar-refractivity contribution < 1.29 is 9.90 Å². The summed E-state index contributed by atoms with van der Waals surface area (Å²) in [5.41, 5.74) is 2.36. The zero-order valence-corrected chi connectivity index (χ0v) is 11.9. The minimum absolute atomic E-state index is 0.393.